The number of ether oxygens (including phenoxy) is 3. The molecule has 1 aromatic carbocycles. The van der Waals surface area contributed by atoms with Gasteiger partial charge >= 0.3 is 5.97 Å². The van der Waals surface area contributed by atoms with Crippen LogP contribution in [0, 0.1) is 11.5 Å². The molecular formula is C19H25ClO4Si. The molecule has 0 amide bonds. The second kappa shape index (κ2) is 10.2. The molecule has 1 aromatic rings. The summed E-state index contributed by atoms with van der Waals surface area (Å²) >= 11 is 6.16. The van der Waals surface area contributed by atoms with E-state index in [1.54, 1.807) is 12.1 Å². The summed E-state index contributed by atoms with van der Waals surface area (Å²) in [5.41, 5.74) is 4.22. The Kier molecular flexibility index (Phi) is 8.60. The number of carbonyl (C=O) groups is 1. The van der Waals surface area contributed by atoms with E-state index in [0.717, 1.165) is 5.56 Å². The summed E-state index contributed by atoms with van der Waals surface area (Å²) in [6.07, 6.45) is 3.55. The topological polar surface area (TPSA) is 44.8 Å². The summed E-state index contributed by atoms with van der Waals surface area (Å²) in [7, 11) is 1.13. The molecule has 0 atom stereocenters. The lowest BCUT2D eigenvalue weighted by Crippen LogP contribution is -2.22. The Morgan fingerprint density at radius 1 is 1.32 bits per heavy atom. The Bertz CT molecular complexity index is 686. The van der Waals surface area contributed by atoms with Gasteiger partial charge in [-0.05, 0) is 24.2 Å². The van der Waals surface area contributed by atoms with E-state index in [9.17, 15) is 4.79 Å². The minimum atomic E-state index is -1.55. The monoisotopic (exact) mass is 380 g/mol. The first-order valence-electron chi connectivity index (χ1n) is 8.15. The van der Waals surface area contributed by atoms with Crippen LogP contribution in [0.25, 0.3) is 0 Å². The van der Waals surface area contributed by atoms with Crippen LogP contribution in [0.1, 0.15) is 25.3 Å². The van der Waals surface area contributed by atoms with Gasteiger partial charge in [0, 0.05) is 5.56 Å². The van der Waals surface area contributed by atoms with E-state index in [4.69, 9.17) is 21.1 Å². The quantitative estimate of drug-likeness (QED) is 0.224. The Morgan fingerprint density at radius 2 is 2.04 bits per heavy atom. The predicted octanol–water partition coefficient (Wildman–Crippen LogP) is 4.78. The fourth-order valence-electron chi connectivity index (χ4n) is 2.02. The first-order chi connectivity index (χ1) is 11.8. The van der Waals surface area contributed by atoms with Gasteiger partial charge in [0.2, 0.25) is 5.76 Å². The van der Waals surface area contributed by atoms with E-state index in [0.29, 0.717) is 10.8 Å². The molecule has 0 fully saturated rings. The van der Waals surface area contributed by atoms with Crippen molar-refractivity contribution in [2.24, 2.45) is 0 Å². The number of halogens is 1. The van der Waals surface area contributed by atoms with Gasteiger partial charge in [0.15, 0.2) is 0 Å². The minimum absolute atomic E-state index is 0.0883. The van der Waals surface area contributed by atoms with E-state index >= 15 is 0 Å². The summed E-state index contributed by atoms with van der Waals surface area (Å²) in [4.78, 5) is 11.7. The Hall–Kier alpha value is -1.90. The maximum Gasteiger partial charge on any atom is 0.377 e. The van der Waals surface area contributed by atoms with Crippen molar-refractivity contribution in [3.05, 3.63) is 40.8 Å². The number of carbonyl (C=O) groups excluding carboxylic acids is 1. The van der Waals surface area contributed by atoms with Crippen molar-refractivity contribution >= 4 is 25.6 Å². The summed E-state index contributed by atoms with van der Waals surface area (Å²) in [5, 5.41) is 0.374. The van der Waals surface area contributed by atoms with Crippen LogP contribution < -0.4 is 4.74 Å². The molecule has 0 saturated heterocycles. The molecule has 0 aromatic heterocycles. The number of rotatable bonds is 7. The number of methoxy groups -OCH3 is 2. The van der Waals surface area contributed by atoms with E-state index in [1.165, 1.54) is 39.4 Å². The molecule has 0 aliphatic rings. The summed E-state index contributed by atoms with van der Waals surface area (Å²) in [5.74, 6) is 2.81. The van der Waals surface area contributed by atoms with Crippen LogP contribution >= 0.6 is 11.6 Å². The average molecular weight is 381 g/mol. The van der Waals surface area contributed by atoms with Gasteiger partial charge < -0.3 is 14.2 Å². The Balaban J connectivity index is 3.04. The van der Waals surface area contributed by atoms with Crippen molar-refractivity contribution in [1.82, 2.24) is 0 Å². The second-order valence-electron chi connectivity index (χ2n) is 6.19. The standard InChI is InChI=1S/C19H25ClO4Si/c1-6-7-11-25(4,5)12-10-15-8-9-16(20)17(13-15)24-18(14-22-2)19(21)23-3/h8-9,13-14H,6-7,11H2,1-5H3/b18-14-. The number of benzene rings is 1. The lowest BCUT2D eigenvalue weighted by Gasteiger charge is -2.13. The van der Waals surface area contributed by atoms with Crippen LogP contribution in [-0.4, -0.2) is 28.3 Å². The van der Waals surface area contributed by atoms with Crippen molar-refractivity contribution in [3.8, 4) is 17.2 Å². The molecule has 0 unspecified atom stereocenters. The molecule has 0 aliphatic carbocycles. The number of esters is 1. The van der Waals surface area contributed by atoms with Crippen LogP contribution in [0.4, 0.5) is 0 Å². The molecule has 4 nitrogen and oxygen atoms in total. The maximum atomic E-state index is 11.7. The molecule has 0 N–H and O–H groups in total. The van der Waals surface area contributed by atoms with E-state index < -0.39 is 14.0 Å². The van der Waals surface area contributed by atoms with Crippen LogP contribution in [0.3, 0.4) is 0 Å². The molecule has 136 valence electrons. The third-order valence-corrected chi connectivity index (χ3v) is 6.18. The van der Waals surface area contributed by atoms with Crippen LogP contribution in [0.15, 0.2) is 30.2 Å². The third kappa shape index (κ3) is 7.25. The zero-order valence-corrected chi connectivity index (χ0v) is 17.2. The molecule has 0 heterocycles. The van der Waals surface area contributed by atoms with E-state index in [1.807, 2.05) is 6.07 Å². The molecule has 0 aliphatic heterocycles. The molecular weight excluding hydrogens is 356 g/mol. The smallest absolute Gasteiger partial charge is 0.377 e. The molecule has 0 bridgehead atoms. The van der Waals surface area contributed by atoms with E-state index in [2.05, 4.69) is 36.2 Å². The maximum absolute atomic E-state index is 11.7. The normalized spacial score (nSPS) is 11.4. The van der Waals surface area contributed by atoms with Gasteiger partial charge in [-0.2, -0.15) is 0 Å². The van der Waals surface area contributed by atoms with Crippen molar-refractivity contribution < 1.29 is 19.0 Å². The molecule has 6 heteroatoms. The average Bonchev–Trinajstić information content (AvgIpc) is 2.59. The first kappa shape index (κ1) is 21.1. The molecule has 0 radical (unpaired) electrons. The lowest BCUT2D eigenvalue weighted by molar-refractivity contribution is -0.138. The molecule has 0 spiro atoms. The van der Waals surface area contributed by atoms with Crippen molar-refractivity contribution in [2.45, 2.75) is 38.9 Å². The summed E-state index contributed by atoms with van der Waals surface area (Å²) in [6, 6.07) is 6.43. The fourth-order valence-corrected chi connectivity index (χ4v) is 4.02. The molecule has 1 rings (SSSR count). The third-order valence-electron chi connectivity index (χ3n) is 3.46. The van der Waals surface area contributed by atoms with Gasteiger partial charge in [0.25, 0.3) is 0 Å². The highest BCUT2D eigenvalue weighted by Gasteiger charge is 2.17. The van der Waals surface area contributed by atoms with Crippen molar-refractivity contribution in [3.63, 3.8) is 0 Å². The highest BCUT2D eigenvalue weighted by Crippen LogP contribution is 2.27. The van der Waals surface area contributed by atoms with E-state index in [-0.39, 0.29) is 5.76 Å². The van der Waals surface area contributed by atoms with Crippen molar-refractivity contribution in [2.75, 3.05) is 14.2 Å². The van der Waals surface area contributed by atoms with Crippen molar-refractivity contribution in [1.29, 1.82) is 0 Å². The van der Waals surface area contributed by atoms with Gasteiger partial charge in [-0.1, -0.05) is 50.4 Å². The Morgan fingerprint density at radius 3 is 2.64 bits per heavy atom. The summed E-state index contributed by atoms with van der Waals surface area (Å²) < 4.78 is 15.1. The second-order valence-corrected chi connectivity index (χ2v) is 11.1. The van der Waals surface area contributed by atoms with Crippen LogP contribution in [0.2, 0.25) is 24.2 Å². The van der Waals surface area contributed by atoms with Gasteiger partial charge in [-0.15, -0.1) is 5.54 Å². The van der Waals surface area contributed by atoms with Crippen LogP contribution in [-0.2, 0) is 14.3 Å². The largest absolute Gasteiger partial charge is 0.500 e. The summed E-state index contributed by atoms with van der Waals surface area (Å²) in [6.45, 7) is 6.71. The number of unbranched alkanes of at least 4 members (excludes halogenated alkanes) is 1. The number of hydrogen-bond donors (Lipinski definition) is 0. The highest BCUT2D eigenvalue weighted by molar-refractivity contribution is 6.85. The zero-order valence-electron chi connectivity index (χ0n) is 15.4. The first-order valence-corrected chi connectivity index (χ1v) is 11.7. The van der Waals surface area contributed by atoms with Gasteiger partial charge in [0.1, 0.15) is 20.1 Å². The predicted molar refractivity (Wildman–Crippen MR) is 103 cm³/mol. The Labute approximate surface area is 156 Å². The zero-order chi connectivity index (χ0) is 18.9. The molecule has 0 saturated carbocycles. The SMILES string of the molecule is CCCC[Si](C)(C)C#Cc1ccc(Cl)c(O/C(=C\OC)C(=O)OC)c1. The minimum Gasteiger partial charge on any atom is -0.500 e. The molecule has 25 heavy (non-hydrogen) atoms. The van der Waals surface area contributed by atoms with Crippen LogP contribution in [0.5, 0.6) is 5.75 Å². The van der Waals surface area contributed by atoms with Gasteiger partial charge in [-0.3, -0.25) is 0 Å². The van der Waals surface area contributed by atoms with Gasteiger partial charge in [-0.25, -0.2) is 4.79 Å². The van der Waals surface area contributed by atoms with Gasteiger partial charge in [0.05, 0.1) is 19.2 Å². The lowest BCUT2D eigenvalue weighted by atomic mass is 10.2. The highest BCUT2D eigenvalue weighted by atomic mass is 35.5. The fraction of sp³-hybridized carbons (Fsp3) is 0.421. The number of hydrogen-bond acceptors (Lipinski definition) is 4.